The van der Waals surface area contributed by atoms with E-state index in [1.54, 1.807) is 24.0 Å². The molecule has 38 heavy (non-hydrogen) atoms. The van der Waals surface area contributed by atoms with Gasteiger partial charge in [-0.2, -0.15) is 0 Å². The first kappa shape index (κ1) is 24.5. The lowest BCUT2D eigenvalue weighted by molar-refractivity contribution is -0.130. The minimum absolute atomic E-state index is 0.0191. The lowest BCUT2D eigenvalue weighted by Crippen LogP contribution is -2.32. The summed E-state index contributed by atoms with van der Waals surface area (Å²) in [4.78, 5) is 31.3. The van der Waals surface area contributed by atoms with E-state index in [2.05, 4.69) is 21.2 Å². The number of carbonyl (C=O) groups excluding carboxylic acids is 2. The van der Waals surface area contributed by atoms with Crippen molar-refractivity contribution >= 4 is 33.4 Å². The average Bonchev–Trinajstić information content (AvgIpc) is 3.58. The number of rotatable bonds is 6. The van der Waals surface area contributed by atoms with Gasteiger partial charge in [0.15, 0.2) is 12.0 Å². The van der Waals surface area contributed by atoms with Crippen LogP contribution in [0.4, 0.5) is 10.1 Å². The van der Waals surface area contributed by atoms with Crippen LogP contribution in [0.1, 0.15) is 30.0 Å². The fourth-order valence-corrected chi connectivity index (χ4v) is 5.09. The summed E-state index contributed by atoms with van der Waals surface area (Å²) in [5.74, 6) is 0.226. The molecule has 4 aromatic rings. The van der Waals surface area contributed by atoms with Gasteiger partial charge in [0, 0.05) is 27.8 Å². The summed E-state index contributed by atoms with van der Waals surface area (Å²) >= 11 is 3.44. The zero-order valence-electron chi connectivity index (χ0n) is 20.4. The van der Waals surface area contributed by atoms with Crippen LogP contribution in [0.5, 0.6) is 0 Å². The minimum Gasteiger partial charge on any atom is -0.436 e. The zero-order chi connectivity index (χ0) is 26.4. The van der Waals surface area contributed by atoms with Crippen LogP contribution in [-0.4, -0.2) is 34.3 Å². The van der Waals surface area contributed by atoms with Gasteiger partial charge in [-0.15, -0.1) is 0 Å². The van der Waals surface area contributed by atoms with Crippen LogP contribution in [0.2, 0.25) is 0 Å². The molecule has 3 aromatic carbocycles. The van der Waals surface area contributed by atoms with Crippen molar-refractivity contribution in [1.29, 1.82) is 0 Å². The number of nitrogens with one attached hydrogen (secondary N) is 1. The van der Waals surface area contributed by atoms with Gasteiger partial charge >= 0.3 is 0 Å². The van der Waals surface area contributed by atoms with E-state index in [0.717, 1.165) is 26.9 Å². The first-order valence-corrected chi connectivity index (χ1v) is 13.1. The molecule has 3 heterocycles. The third-order valence-corrected chi connectivity index (χ3v) is 7.30. The monoisotopic (exact) mass is 575 g/mol. The third-order valence-electron chi connectivity index (χ3n) is 6.77. The number of carbonyl (C=O) groups is 2. The maximum Gasteiger partial charge on any atom is 0.253 e. The molecule has 0 unspecified atom stereocenters. The minimum atomic E-state index is -0.799. The number of hydrogen-bond acceptors (Lipinski definition) is 5. The van der Waals surface area contributed by atoms with Gasteiger partial charge in [-0.25, -0.2) is 9.37 Å². The number of oxazole rings is 1. The van der Waals surface area contributed by atoms with Gasteiger partial charge in [0.25, 0.3) is 5.91 Å². The van der Waals surface area contributed by atoms with Crippen LogP contribution in [0.15, 0.2) is 75.6 Å². The second-order valence-corrected chi connectivity index (χ2v) is 10.3. The summed E-state index contributed by atoms with van der Waals surface area (Å²) in [6.45, 7) is 2.09. The lowest BCUT2D eigenvalue weighted by atomic mass is 10.1. The van der Waals surface area contributed by atoms with Gasteiger partial charge in [-0.05, 0) is 79.1 Å². The predicted octanol–water partition coefficient (Wildman–Crippen LogP) is 5.89. The molecule has 0 aliphatic carbocycles. The average molecular weight is 576 g/mol. The Balaban J connectivity index is 1.34. The molecule has 0 radical (unpaired) electrons. The van der Waals surface area contributed by atoms with E-state index in [1.807, 2.05) is 42.5 Å². The quantitative estimate of drug-likeness (QED) is 0.310. The summed E-state index contributed by atoms with van der Waals surface area (Å²) in [5.41, 5.74) is 4.69. The highest BCUT2D eigenvalue weighted by molar-refractivity contribution is 9.10. The number of halogens is 2. The molecule has 1 N–H and O–H groups in total. The van der Waals surface area contributed by atoms with Crippen molar-refractivity contribution in [3.05, 3.63) is 93.9 Å². The molecule has 192 valence electrons. The number of amides is 2. The van der Waals surface area contributed by atoms with Crippen molar-refractivity contribution in [3.63, 3.8) is 0 Å². The predicted molar refractivity (Wildman–Crippen MR) is 143 cm³/mol. The normalized spacial score (nSPS) is 18.7. The number of fused-ring (bicyclic) bond motifs is 1. The number of nitrogens with zero attached hydrogens (tertiary/aromatic N) is 2. The molecule has 9 heteroatoms. The molecule has 0 spiro atoms. The zero-order valence-corrected chi connectivity index (χ0v) is 22.0. The van der Waals surface area contributed by atoms with E-state index >= 15 is 0 Å². The molecule has 7 nitrogen and oxygen atoms in total. The number of benzene rings is 3. The Morgan fingerprint density at radius 3 is 2.55 bits per heavy atom. The fraction of sp³-hybridized carbons (Fsp3) is 0.207. The Morgan fingerprint density at radius 1 is 1.05 bits per heavy atom. The molecule has 1 aromatic heterocycles. The number of anilines is 1. The summed E-state index contributed by atoms with van der Waals surface area (Å²) < 4.78 is 27.0. The van der Waals surface area contributed by atoms with E-state index < -0.39 is 12.3 Å². The molecule has 0 bridgehead atoms. The van der Waals surface area contributed by atoms with Gasteiger partial charge in [-0.3, -0.25) is 9.59 Å². The summed E-state index contributed by atoms with van der Waals surface area (Å²) in [6, 6.07) is 19.4. The molecule has 6 rings (SSSR count). The summed E-state index contributed by atoms with van der Waals surface area (Å²) in [5, 5.41) is 2.84. The Bertz CT molecular complexity index is 1530. The lowest BCUT2D eigenvalue weighted by Gasteiger charge is -2.22. The third kappa shape index (κ3) is 4.63. The van der Waals surface area contributed by atoms with Crippen molar-refractivity contribution in [3.8, 4) is 22.7 Å². The second kappa shape index (κ2) is 9.81. The van der Waals surface area contributed by atoms with Gasteiger partial charge in [0.2, 0.25) is 11.8 Å². The standard InChI is InChI=1S/C29H23BrFN3O4/c1-16-28(36)34(13-12-17-2-11-23-20(14-17)15-24(35)32-23)29(37-16)26-25(18-5-9-22(31)10-6-18)33-27(38-26)19-3-7-21(30)8-4-19/h2-11,14,16,29H,12-13,15H2,1H3,(H,32,35)/t16-,29+/m0/s1. The molecule has 1 fully saturated rings. The van der Waals surface area contributed by atoms with Crippen LogP contribution in [0, 0.1) is 5.82 Å². The maximum atomic E-state index is 13.7. The Morgan fingerprint density at radius 2 is 1.79 bits per heavy atom. The first-order valence-electron chi connectivity index (χ1n) is 12.3. The van der Waals surface area contributed by atoms with E-state index in [1.165, 1.54) is 12.1 Å². The SMILES string of the molecule is C[C@@H]1O[C@H](c2oc(-c3ccc(Br)cc3)nc2-c2ccc(F)cc2)N(CCc2ccc3c(c2)CC(=O)N3)C1=O. The maximum absolute atomic E-state index is 13.7. The van der Waals surface area contributed by atoms with Crippen LogP contribution >= 0.6 is 15.9 Å². The fourth-order valence-electron chi connectivity index (χ4n) is 4.82. The van der Waals surface area contributed by atoms with Gasteiger partial charge in [0.1, 0.15) is 17.6 Å². The Hall–Kier alpha value is -3.82. The topological polar surface area (TPSA) is 84.7 Å². The van der Waals surface area contributed by atoms with Gasteiger partial charge < -0.3 is 19.4 Å². The van der Waals surface area contributed by atoms with E-state index in [-0.39, 0.29) is 17.6 Å². The van der Waals surface area contributed by atoms with E-state index in [4.69, 9.17) is 14.1 Å². The molecule has 1 saturated heterocycles. The van der Waals surface area contributed by atoms with Crippen LogP contribution in [-0.2, 0) is 27.2 Å². The largest absolute Gasteiger partial charge is 0.436 e. The summed E-state index contributed by atoms with van der Waals surface area (Å²) in [7, 11) is 0. The van der Waals surface area contributed by atoms with Crippen molar-refractivity contribution in [1.82, 2.24) is 9.88 Å². The van der Waals surface area contributed by atoms with Crippen LogP contribution < -0.4 is 5.32 Å². The highest BCUT2D eigenvalue weighted by Crippen LogP contribution is 2.40. The van der Waals surface area contributed by atoms with Crippen LogP contribution in [0.3, 0.4) is 0 Å². The van der Waals surface area contributed by atoms with Gasteiger partial charge in [0.05, 0.1) is 6.42 Å². The van der Waals surface area contributed by atoms with Gasteiger partial charge in [-0.1, -0.05) is 28.1 Å². The molecule has 2 atom stereocenters. The number of hydrogen-bond donors (Lipinski definition) is 1. The highest BCUT2D eigenvalue weighted by Gasteiger charge is 2.42. The van der Waals surface area contributed by atoms with Crippen molar-refractivity contribution in [2.75, 3.05) is 11.9 Å². The first-order chi connectivity index (χ1) is 18.4. The molecule has 0 saturated carbocycles. The Labute approximate surface area is 226 Å². The molecule has 2 aliphatic rings. The number of aromatic nitrogens is 1. The molecular weight excluding hydrogens is 553 g/mol. The second-order valence-electron chi connectivity index (χ2n) is 9.37. The van der Waals surface area contributed by atoms with E-state index in [0.29, 0.717) is 42.3 Å². The van der Waals surface area contributed by atoms with Crippen LogP contribution in [0.25, 0.3) is 22.7 Å². The molecule has 2 amide bonds. The Kier molecular flexibility index (Phi) is 6.33. The summed E-state index contributed by atoms with van der Waals surface area (Å²) in [6.07, 6.45) is -0.539. The van der Waals surface area contributed by atoms with Crippen molar-refractivity contribution < 1.29 is 23.1 Å². The molecule has 2 aliphatic heterocycles. The van der Waals surface area contributed by atoms with Crippen molar-refractivity contribution in [2.24, 2.45) is 0 Å². The smallest absolute Gasteiger partial charge is 0.253 e. The number of ether oxygens (including phenoxy) is 1. The highest BCUT2D eigenvalue weighted by atomic mass is 79.9. The van der Waals surface area contributed by atoms with E-state index in [9.17, 15) is 14.0 Å². The van der Waals surface area contributed by atoms with Crippen molar-refractivity contribution in [2.45, 2.75) is 32.1 Å². The molecular formula is C29H23BrFN3O4.